The summed E-state index contributed by atoms with van der Waals surface area (Å²) in [6, 6.07) is 0.163. The molecule has 1 aliphatic heterocycles. The Bertz CT molecular complexity index is 238. The van der Waals surface area contributed by atoms with Crippen molar-refractivity contribution in [1.82, 2.24) is 10.2 Å². The smallest absolute Gasteiger partial charge is 0.237 e. The van der Waals surface area contributed by atoms with Crippen LogP contribution in [0.4, 0.5) is 0 Å². The number of rotatable bonds is 7. The summed E-state index contributed by atoms with van der Waals surface area (Å²) in [5, 5.41) is 2.98. The number of nitrogens with one attached hydrogen (secondary N) is 1. The van der Waals surface area contributed by atoms with Crippen LogP contribution in [-0.2, 0) is 4.79 Å². The molecule has 0 spiro atoms. The van der Waals surface area contributed by atoms with E-state index >= 15 is 0 Å². The van der Waals surface area contributed by atoms with Crippen molar-refractivity contribution >= 4 is 17.7 Å². The van der Waals surface area contributed by atoms with E-state index in [0.717, 1.165) is 31.8 Å². The first kappa shape index (κ1) is 14.8. The molecule has 0 aromatic rings. The molecular formula is C12H25N3OS. The van der Waals surface area contributed by atoms with Crippen LogP contribution < -0.4 is 11.1 Å². The van der Waals surface area contributed by atoms with Gasteiger partial charge in [0.2, 0.25) is 5.91 Å². The third-order valence-corrected chi connectivity index (χ3v) is 4.03. The molecule has 3 N–H and O–H groups in total. The van der Waals surface area contributed by atoms with Crippen molar-refractivity contribution in [2.75, 3.05) is 31.6 Å². The molecule has 1 saturated heterocycles. The predicted octanol–water partition coefficient (Wildman–Crippen LogP) is 0.667. The molecule has 1 unspecified atom stereocenters. The molecule has 1 heterocycles. The summed E-state index contributed by atoms with van der Waals surface area (Å²) < 4.78 is 0. The molecule has 100 valence electrons. The van der Waals surface area contributed by atoms with Crippen molar-refractivity contribution in [3.8, 4) is 0 Å². The number of carbonyl (C=O) groups is 1. The van der Waals surface area contributed by atoms with E-state index < -0.39 is 0 Å². The minimum atomic E-state index is -0.348. The Balaban J connectivity index is 2.22. The molecule has 1 fully saturated rings. The lowest BCUT2D eigenvalue weighted by atomic mass is 10.2. The van der Waals surface area contributed by atoms with Gasteiger partial charge in [-0.25, -0.2) is 0 Å². The maximum absolute atomic E-state index is 11.7. The first-order valence-corrected chi connectivity index (χ1v) is 7.84. The highest BCUT2D eigenvalue weighted by molar-refractivity contribution is 7.98. The fourth-order valence-corrected chi connectivity index (χ4v) is 2.76. The van der Waals surface area contributed by atoms with Crippen LogP contribution in [0.3, 0.4) is 0 Å². The van der Waals surface area contributed by atoms with Crippen LogP contribution in [-0.4, -0.2) is 54.5 Å². The second-order valence-corrected chi connectivity index (χ2v) is 5.54. The molecule has 0 aliphatic carbocycles. The van der Waals surface area contributed by atoms with Gasteiger partial charge in [-0.2, -0.15) is 11.8 Å². The monoisotopic (exact) mass is 259 g/mol. The van der Waals surface area contributed by atoms with Gasteiger partial charge in [-0.3, -0.25) is 9.69 Å². The average molecular weight is 259 g/mol. The Morgan fingerprint density at radius 1 is 1.65 bits per heavy atom. The fourth-order valence-electron chi connectivity index (χ4n) is 2.27. The van der Waals surface area contributed by atoms with Gasteiger partial charge in [0.1, 0.15) is 0 Å². The lowest BCUT2D eigenvalue weighted by molar-refractivity contribution is -0.122. The van der Waals surface area contributed by atoms with Crippen molar-refractivity contribution < 1.29 is 4.79 Å². The van der Waals surface area contributed by atoms with Gasteiger partial charge < -0.3 is 11.1 Å². The lowest BCUT2D eigenvalue weighted by Crippen LogP contribution is -2.46. The van der Waals surface area contributed by atoms with Gasteiger partial charge in [0, 0.05) is 12.6 Å². The van der Waals surface area contributed by atoms with Gasteiger partial charge in [0.25, 0.3) is 0 Å². The Morgan fingerprint density at radius 3 is 3.06 bits per heavy atom. The molecule has 1 aliphatic rings. The average Bonchev–Trinajstić information content (AvgIpc) is 2.80. The number of nitrogens with zero attached hydrogens (tertiary/aromatic N) is 1. The second kappa shape index (κ2) is 7.95. The van der Waals surface area contributed by atoms with Crippen LogP contribution in [0.1, 0.15) is 26.2 Å². The first-order chi connectivity index (χ1) is 8.19. The van der Waals surface area contributed by atoms with E-state index in [1.165, 1.54) is 12.8 Å². The SMILES string of the molecule is CCN1CCCC1CNC(=O)[C@H](N)CCSC. The number of likely N-dealkylation sites (N-methyl/N-ethyl adjacent to an activating group) is 1. The summed E-state index contributed by atoms with van der Waals surface area (Å²) in [5.74, 6) is 0.945. The topological polar surface area (TPSA) is 58.4 Å². The van der Waals surface area contributed by atoms with Crippen LogP contribution >= 0.6 is 11.8 Å². The molecule has 0 radical (unpaired) electrons. The number of hydrogen-bond acceptors (Lipinski definition) is 4. The summed E-state index contributed by atoms with van der Waals surface area (Å²) in [4.78, 5) is 14.2. The predicted molar refractivity (Wildman–Crippen MR) is 74.3 cm³/mol. The highest BCUT2D eigenvalue weighted by Crippen LogP contribution is 2.15. The van der Waals surface area contributed by atoms with Crippen LogP contribution in [0.25, 0.3) is 0 Å². The van der Waals surface area contributed by atoms with Gasteiger partial charge in [-0.1, -0.05) is 6.92 Å². The van der Waals surface area contributed by atoms with Crippen LogP contribution in [0.15, 0.2) is 0 Å². The zero-order valence-electron chi connectivity index (χ0n) is 10.9. The van der Waals surface area contributed by atoms with E-state index in [1.54, 1.807) is 11.8 Å². The molecule has 4 nitrogen and oxygen atoms in total. The van der Waals surface area contributed by atoms with Crippen molar-refractivity contribution in [2.45, 2.75) is 38.3 Å². The third kappa shape index (κ3) is 4.85. The van der Waals surface area contributed by atoms with Crippen LogP contribution in [0.5, 0.6) is 0 Å². The summed E-state index contributed by atoms with van der Waals surface area (Å²) in [5.41, 5.74) is 5.82. The lowest BCUT2D eigenvalue weighted by Gasteiger charge is -2.23. The summed E-state index contributed by atoms with van der Waals surface area (Å²) in [7, 11) is 0. The Hall–Kier alpha value is -0.260. The standard InChI is InChI=1S/C12H25N3OS/c1-3-15-7-4-5-10(15)9-14-12(16)11(13)6-8-17-2/h10-11H,3-9,13H2,1-2H3,(H,14,16)/t10?,11-/m1/s1. The molecule has 0 bridgehead atoms. The van der Waals surface area contributed by atoms with Crippen molar-refractivity contribution in [1.29, 1.82) is 0 Å². The van der Waals surface area contributed by atoms with E-state index in [2.05, 4.69) is 17.1 Å². The number of likely N-dealkylation sites (tertiary alicyclic amines) is 1. The third-order valence-electron chi connectivity index (χ3n) is 3.39. The molecule has 2 atom stereocenters. The van der Waals surface area contributed by atoms with E-state index in [1.807, 2.05) is 6.26 Å². The minimum Gasteiger partial charge on any atom is -0.353 e. The zero-order chi connectivity index (χ0) is 12.7. The number of nitrogens with two attached hydrogens (primary N) is 1. The fraction of sp³-hybridized carbons (Fsp3) is 0.917. The molecule has 5 heteroatoms. The van der Waals surface area contributed by atoms with E-state index in [4.69, 9.17) is 5.73 Å². The van der Waals surface area contributed by atoms with Crippen LogP contribution in [0, 0.1) is 0 Å². The number of carbonyl (C=O) groups excluding carboxylic acids is 1. The molecule has 0 aromatic carbocycles. The molecule has 0 saturated carbocycles. The summed E-state index contributed by atoms with van der Waals surface area (Å²) in [6.45, 7) is 5.15. The van der Waals surface area contributed by atoms with Gasteiger partial charge in [0.15, 0.2) is 0 Å². The van der Waals surface area contributed by atoms with Gasteiger partial charge in [-0.15, -0.1) is 0 Å². The van der Waals surface area contributed by atoms with Gasteiger partial charge in [-0.05, 0) is 44.4 Å². The van der Waals surface area contributed by atoms with Crippen molar-refractivity contribution in [2.24, 2.45) is 5.73 Å². The zero-order valence-corrected chi connectivity index (χ0v) is 11.8. The number of amides is 1. The first-order valence-electron chi connectivity index (χ1n) is 6.45. The highest BCUT2D eigenvalue weighted by Gasteiger charge is 2.23. The quantitative estimate of drug-likeness (QED) is 0.705. The molecule has 1 amide bonds. The molecule has 17 heavy (non-hydrogen) atoms. The van der Waals surface area contributed by atoms with Crippen molar-refractivity contribution in [3.63, 3.8) is 0 Å². The number of thioether (sulfide) groups is 1. The Kier molecular flexibility index (Phi) is 6.92. The molecular weight excluding hydrogens is 234 g/mol. The summed E-state index contributed by atoms with van der Waals surface area (Å²) >= 11 is 1.73. The summed E-state index contributed by atoms with van der Waals surface area (Å²) in [6.07, 6.45) is 5.22. The van der Waals surface area contributed by atoms with Crippen molar-refractivity contribution in [3.05, 3.63) is 0 Å². The van der Waals surface area contributed by atoms with E-state index in [9.17, 15) is 4.79 Å². The molecule has 1 rings (SSSR count). The Labute approximate surface area is 109 Å². The number of hydrogen-bond donors (Lipinski definition) is 2. The Morgan fingerprint density at radius 2 is 2.41 bits per heavy atom. The maximum Gasteiger partial charge on any atom is 0.237 e. The van der Waals surface area contributed by atoms with E-state index in [-0.39, 0.29) is 11.9 Å². The minimum absolute atomic E-state index is 0.00185. The van der Waals surface area contributed by atoms with E-state index in [0.29, 0.717) is 6.04 Å². The van der Waals surface area contributed by atoms with Crippen LogP contribution in [0.2, 0.25) is 0 Å². The van der Waals surface area contributed by atoms with Gasteiger partial charge >= 0.3 is 0 Å². The molecule has 0 aromatic heterocycles. The maximum atomic E-state index is 11.7. The highest BCUT2D eigenvalue weighted by atomic mass is 32.2. The van der Waals surface area contributed by atoms with Gasteiger partial charge in [0.05, 0.1) is 6.04 Å². The normalized spacial score (nSPS) is 22.6. The second-order valence-electron chi connectivity index (χ2n) is 4.56. The largest absolute Gasteiger partial charge is 0.353 e.